The third kappa shape index (κ3) is 6.36. The molecule has 0 fully saturated rings. The first kappa shape index (κ1) is 7.36. The molecule has 0 atom stereocenters. The van der Waals surface area contributed by atoms with Crippen molar-refractivity contribution < 1.29 is 21.5 Å². The summed E-state index contributed by atoms with van der Waals surface area (Å²) >= 11 is -1.27. The van der Waals surface area contributed by atoms with Crippen molar-refractivity contribution in [1.29, 1.82) is 0 Å². The van der Waals surface area contributed by atoms with Gasteiger partial charge in [-0.2, -0.15) is 0 Å². The van der Waals surface area contributed by atoms with Gasteiger partial charge in [0, 0.05) is 0 Å². The molecular formula is C5H10OW. The molecule has 0 aliphatic carbocycles. The molecule has 0 unspecified atom stereocenters. The van der Waals surface area contributed by atoms with Gasteiger partial charge in [0.2, 0.25) is 0 Å². The van der Waals surface area contributed by atoms with Gasteiger partial charge in [0.15, 0.2) is 0 Å². The maximum atomic E-state index is 10.1. The molecule has 0 bridgehead atoms. The zero-order valence-corrected chi connectivity index (χ0v) is 7.83. The van der Waals surface area contributed by atoms with Crippen molar-refractivity contribution in [2.75, 3.05) is 0 Å². The molecule has 0 radical (unpaired) electrons. The van der Waals surface area contributed by atoms with Crippen LogP contribution < -0.4 is 0 Å². The van der Waals surface area contributed by atoms with Gasteiger partial charge in [-0.3, -0.25) is 0 Å². The van der Waals surface area contributed by atoms with Gasteiger partial charge in [-0.15, -0.1) is 0 Å². The molecule has 0 N–H and O–H groups in total. The predicted octanol–water partition coefficient (Wildman–Crippen LogP) is 1.26. The summed E-state index contributed by atoms with van der Waals surface area (Å²) in [4.78, 5) is 0. The fraction of sp³-hybridized carbons (Fsp3) is 0.800. The van der Waals surface area contributed by atoms with Crippen LogP contribution in [0.2, 0.25) is 0 Å². The molecule has 0 heterocycles. The molecule has 0 amide bonds. The van der Waals surface area contributed by atoms with Gasteiger partial charge in [0.05, 0.1) is 0 Å². The molecule has 7 heavy (non-hydrogen) atoms. The van der Waals surface area contributed by atoms with Crippen molar-refractivity contribution in [3.8, 4) is 0 Å². The van der Waals surface area contributed by atoms with Gasteiger partial charge < -0.3 is 0 Å². The van der Waals surface area contributed by atoms with Crippen LogP contribution in [-0.4, -0.2) is 4.40 Å². The van der Waals surface area contributed by atoms with E-state index in [1.165, 1.54) is 0 Å². The van der Waals surface area contributed by atoms with E-state index in [-0.39, 0.29) is 5.41 Å². The van der Waals surface area contributed by atoms with Gasteiger partial charge in [-0.05, 0) is 0 Å². The zero-order chi connectivity index (χ0) is 5.91. The van der Waals surface area contributed by atoms with Gasteiger partial charge in [0.1, 0.15) is 0 Å². The molecule has 0 aromatic heterocycles. The Morgan fingerprint density at radius 2 is 1.86 bits per heavy atom. The van der Waals surface area contributed by atoms with Gasteiger partial charge >= 0.3 is 52.0 Å². The Bertz CT molecular complexity index is 95.1. The minimum atomic E-state index is -1.27. The molecule has 42 valence electrons. The monoisotopic (exact) mass is 270 g/mol. The number of rotatable bonds is 0. The molecule has 0 saturated carbocycles. The molecule has 0 saturated heterocycles. The van der Waals surface area contributed by atoms with Crippen molar-refractivity contribution in [3.05, 3.63) is 0 Å². The van der Waals surface area contributed by atoms with E-state index < -0.39 is 18.1 Å². The molecular weight excluding hydrogens is 260 g/mol. The Kier molecular flexibility index (Phi) is 2.75. The van der Waals surface area contributed by atoms with Gasteiger partial charge in [-0.25, -0.2) is 0 Å². The van der Waals surface area contributed by atoms with Crippen LogP contribution >= 0.6 is 0 Å². The molecule has 0 rings (SSSR count). The molecule has 0 aromatic rings. The summed E-state index contributed by atoms with van der Waals surface area (Å²) in [5.74, 6) is 0. The van der Waals surface area contributed by atoms with Crippen LogP contribution in [0.1, 0.15) is 20.8 Å². The number of hydrogen-bond acceptors (Lipinski definition) is 1. The van der Waals surface area contributed by atoms with E-state index in [4.69, 9.17) is 0 Å². The topological polar surface area (TPSA) is 17.1 Å². The van der Waals surface area contributed by atoms with Crippen molar-refractivity contribution in [2.45, 2.75) is 20.8 Å². The third-order valence-electron chi connectivity index (χ3n) is 0.402. The second kappa shape index (κ2) is 2.61. The Hall–Kier alpha value is 0.358. The molecule has 0 aliphatic rings. The molecule has 1 nitrogen and oxygen atoms in total. The molecule has 0 aromatic carbocycles. The summed E-state index contributed by atoms with van der Waals surface area (Å²) in [7, 11) is 0. The van der Waals surface area contributed by atoms with Crippen molar-refractivity contribution in [2.24, 2.45) is 5.41 Å². The molecule has 2 heteroatoms. The first-order valence-corrected chi connectivity index (χ1v) is 5.08. The van der Waals surface area contributed by atoms with Crippen LogP contribution in [-0.2, 0) is 21.5 Å². The Morgan fingerprint density at radius 3 is 1.86 bits per heavy atom. The quantitative estimate of drug-likeness (QED) is 0.647. The minimum absolute atomic E-state index is 0.187. The van der Waals surface area contributed by atoms with Crippen molar-refractivity contribution in [1.82, 2.24) is 0 Å². The van der Waals surface area contributed by atoms with Crippen molar-refractivity contribution >= 4 is 4.40 Å². The normalized spacial score (nSPS) is 10.7. The van der Waals surface area contributed by atoms with Gasteiger partial charge in [0.25, 0.3) is 0 Å². The van der Waals surface area contributed by atoms with E-state index >= 15 is 0 Å². The summed E-state index contributed by atoms with van der Waals surface area (Å²) < 4.78 is 12.0. The average molecular weight is 270 g/mol. The fourth-order valence-electron chi connectivity index (χ4n) is 0.144. The summed E-state index contributed by atoms with van der Waals surface area (Å²) in [6.45, 7) is 6.18. The Balaban J connectivity index is 3.80. The second-order valence-corrected chi connectivity index (χ2v) is 4.12. The molecule has 0 spiro atoms. The Morgan fingerprint density at radius 1 is 1.43 bits per heavy atom. The maximum absolute atomic E-state index is 10.1. The first-order valence-electron chi connectivity index (χ1n) is 2.19. The van der Waals surface area contributed by atoms with Crippen LogP contribution in [0.25, 0.3) is 0 Å². The van der Waals surface area contributed by atoms with Crippen LogP contribution in [0.4, 0.5) is 0 Å². The average Bonchev–Trinajstić information content (AvgIpc) is 1.30. The zero-order valence-electron chi connectivity index (χ0n) is 4.89. The van der Waals surface area contributed by atoms with Crippen molar-refractivity contribution in [3.63, 3.8) is 0 Å². The van der Waals surface area contributed by atoms with E-state index in [9.17, 15) is 3.40 Å². The SMILES string of the molecule is CC(C)(C)[CH]=[W]=[O]. The summed E-state index contributed by atoms with van der Waals surface area (Å²) in [5, 5.41) is 0. The summed E-state index contributed by atoms with van der Waals surface area (Å²) in [6.07, 6.45) is 0. The first-order chi connectivity index (χ1) is 3.06. The van der Waals surface area contributed by atoms with Crippen LogP contribution in [0.15, 0.2) is 0 Å². The fourth-order valence-corrected chi connectivity index (χ4v) is 1.18. The standard InChI is InChI=1S/C5H10.O.W/c1-5(2,3)4;;/h1H,2-4H3;;. The summed E-state index contributed by atoms with van der Waals surface area (Å²) in [5.41, 5.74) is 0.187. The predicted molar refractivity (Wildman–Crippen MR) is 26.2 cm³/mol. The van der Waals surface area contributed by atoms with E-state index in [2.05, 4.69) is 20.8 Å². The number of hydrogen-bond donors (Lipinski definition) is 0. The van der Waals surface area contributed by atoms with E-state index in [1.54, 1.807) is 0 Å². The summed E-state index contributed by atoms with van der Waals surface area (Å²) in [6, 6.07) is 0. The second-order valence-electron chi connectivity index (χ2n) is 2.58. The van der Waals surface area contributed by atoms with E-state index in [0.717, 1.165) is 0 Å². The van der Waals surface area contributed by atoms with Crippen LogP contribution in [0.5, 0.6) is 0 Å². The van der Waals surface area contributed by atoms with E-state index in [1.807, 2.05) is 4.40 Å². The van der Waals surface area contributed by atoms with Crippen LogP contribution in [0.3, 0.4) is 0 Å². The van der Waals surface area contributed by atoms with Gasteiger partial charge in [-0.1, -0.05) is 0 Å². The van der Waals surface area contributed by atoms with E-state index in [0.29, 0.717) is 0 Å². The Labute approximate surface area is 52.5 Å². The third-order valence-corrected chi connectivity index (χ3v) is 3.29. The van der Waals surface area contributed by atoms with Crippen LogP contribution in [0, 0.1) is 5.41 Å². The molecule has 0 aliphatic heterocycles.